The van der Waals surface area contributed by atoms with Crippen molar-refractivity contribution in [1.29, 1.82) is 0 Å². The number of hydrogen-bond acceptors (Lipinski definition) is 13. The number of carbonyl (C=O) groups excluding carboxylic acids is 5. The highest BCUT2D eigenvalue weighted by Crippen LogP contribution is 2.38. The number of esters is 1. The molecule has 1 amide bonds. The van der Waals surface area contributed by atoms with Crippen LogP contribution in [0.25, 0.3) is 0 Å². The molecule has 14 heteroatoms. The SMILES string of the molecule is CO[C@H]1C[C@@H]2CC[C@@H](C)[C@@](O)(O2)C(=O)C(=O)N2CCCC[C@H]2C(=O)O[C@H]([C@H](C)CC2CC[C@@H](O)[C@H](OC)C2)CC(=O)[C@H](C)/C=C(\C)[C@@H](O)[C@@H](OC)C(=O)[C@H](C)C[C@H](C)/C=C/C=CC=C1C. The van der Waals surface area contributed by atoms with Crippen LogP contribution in [-0.2, 0) is 47.7 Å². The number of Topliss-reactive ketones (excluding diaryl/α,β-unsaturated/α-hetero) is 3. The first-order chi connectivity index (χ1) is 30.7. The summed E-state index contributed by atoms with van der Waals surface area (Å²) in [5.41, 5.74) is 1.27. The molecule has 3 fully saturated rings. The Morgan fingerprint density at radius 2 is 1.57 bits per heavy atom. The number of nitrogens with zero attached hydrogens (tertiary/aromatic N) is 1. The highest BCUT2D eigenvalue weighted by Gasteiger charge is 2.53. The number of fused-ring (bicyclic) bond motifs is 3. The van der Waals surface area contributed by atoms with Gasteiger partial charge in [-0.3, -0.25) is 19.2 Å². The minimum Gasteiger partial charge on any atom is -0.460 e. The van der Waals surface area contributed by atoms with Gasteiger partial charge in [0.1, 0.15) is 30.1 Å². The van der Waals surface area contributed by atoms with Gasteiger partial charge in [-0.05, 0) is 107 Å². The number of carbonyl (C=O) groups is 5. The van der Waals surface area contributed by atoms with Crippen LogP contribution in [0.4, 0.5) is 0 Å². The lowest BCUT2D eigenvalue weighted by atomic mass is 9.78. The number of allylic oxidation sites excluding steroid dienone is 6. The van der Waals surface area contributed by atoms with E-state index in [1.165, 1.54) is 12.0 Å². The summed E-state index contributed by atoms with van der Waals surface area (Å²) in [7, 11) is 4.52. The van der Waals surface area contributed by atoms with Crippen molar-refractivity contribution in [1.82, 2.24) is 4.90 Å². The number of amides is 1. The van der Waals surface area contributed by atoms with Gasteiger partial charge in [0.05, 0.1) is 24.4 Å². The van der Waals surface area contributed by atoms with Crippen LogP contribution in [0.5, 0.6) is 0 Å². The maximum absolute atomic E-state index is 14.4. The first-order valence-corrected chi connectivity index (χ1v) is 23.9. The monoisotopic (exact) mass is 914 g/mol. The second-order valence-electron chi connectivity index (χ2n) is 19.6. The highest BCUT2D eigenvalue weighted by atomic mass is 16.6. The van der Waals surface area contributed by atoms with E-state index in [2.05, 4.69) is 0 Å². The Labute approximate surface area is 387 Å². The molecule has 65 heavy (non-hydrogen) atoms. The van der Waals surface area contributed by atoms with E-state index in [0.717, 1.165) is 12.0 Å². The molecule has 1 aliphatic carbocycles. The van der Waals surface area contributed by atoms with E-state index in [9.17, 15) is 39.3 Å². The Hall–Kier alpha value is -3.37. The second-order valence-corrected chi connectivity index (χ2v) is 19.6. The van der Waals surface area contributed by atoms with Crippen LogP contribution in [0.3, 0.4) is 0 Å². The normalized spacial score (nSPS) is 39.1. The molecule has 0 spiro atoms. The summed E-state index contributed by atoms with van der Waals surface area (Å²) in [6.07, 6.45) is 11.2. The van der Waals surface area contributed by atoms with Crippen molar-refractivity contribution in [2.24, 2.45) is 35.5 Å². The van der Waals surface area contributed by atoms with E-state index >= 15 is 0 Å². The fourth-order valence-corrected chi connectivity index (χ4v) is 10.1. The fourth-order valence-electron chi connectivity index (χ4n) is 10.1. The average molecular weight is 914 g/mol. The molecule has 14 nitrogen and oxygen atoms in total. The molecule has 0 radical (unpaired) electrons. The number of ketones is 3. The minimum atomic E-state index is -2.43. The largest absolute Gasteiger partial charge is 0.460 e. The first kappa shape index (κ1) is 54.2. The van der Waals surface area contributed by atoms with Gasteiger partial charge in [-0.25, -0.2) is 4.79 Å². The molecular weight excluding hydrogens is 835 g/mol. The van der Waals surface area contributed by atoms with E-state index in [4.69, 9.17) is 23.7 Å². The molecule has 3 N–H and O–H groups in total. The predicted molar refractivity (Wildman–Crippen MR) is 245 cm³/mol. The second kappa shape index (κ2) is 25.1. The van der Waals surface area contributed by atoms with Crippen LogP contribution in [0.1, 0.15) is 126 Å². The number of aliphatic hydroxyl groups is 3. The van der Waals surface area contributed by atoms with Crippen LogP contribution in [0.2, 0.25) is 0 Å². The summed E-state index contributed by atoms with van der Waals surface area (Å²) in [4.78, 5) is 71.8. The molecule has 4 rings (SSSR count). The van der Waals surface area contributed by atoms with Gasteiger partial charge >= 0.3 is 5.97 Å². The molecular formula is C51H79NO13. The summed E-state index contributed by atoms with van der Waals surface area (Å²) < 4.78 is 29.4. The number of methoxy groups -OCH3 is 3. The van der Waals surface area contributed by atoms with Gasteiger partial charge in [-0.2, -0.15) is 0 Å². The van der Waals surface area contributed by atoms with E-state index < -0.39 is 83.9 Å². The van der Waals surface area contributed by atoms with Gasteiger partial charge in [0.2, 0.25) is 5.79 Å². The highest BCUT2D eigenvalue weighted by molar-refractivity contribution is 6.39. The average Bonchev–Trinajstić information content (AvgIpc) is 3.28. The van der Waals surface area contributed by atoms with Crippen molar-refractivity contribution in [2.45, 2.75) is 180 Å². The van der Waals surface area contributed by atoms with Crippen molar-refractivity contribution in [3.8, 4) is 0 Å². The topological polar surface area (TPSA) is 195 Å². The van der Waals surface area contributed by atoms with Gasteiger partial charge in [0.25, 0.3) is 11.7 Å². The van der Waals surface area contributed by atoms with Crippen molar-refractivity contribution < 1.29 is 63.0 Å². The predicted octanol–water partition coefficient (Wildman–Crippen LogP) is 6.18. The summed E-state index contributed by atoms with van der Waals surface area (Å²) in [6.45, 7) is 12.7. The van der Waals surface area contributed by atoms with Gasteiger partial charge in [0.15, 0.2) is 5.78 Å². The van der Waals surface area contributed by atoms with E-state index in [1.54, 1.807) is 41.1 Å². The van der Waals surface area contributed by atoms with Crippen molar-refractivity contribution in [3.63, 3.8) is 0 Å². The molecule has 0 aromatic rings. The maximum Gasteiger partial charge on any atom is 0.329 e. The third-order valence-corrected chi connectivity index (χ3v) is 14.5. The molecule has 0 aromatic carbocycles. The summed E-state index contributed by atoms with van der Waals surface area (Å²) in [5.74, 6) is -7.96. The molecule has 2 saturated heterocycles. The maximum atomic E-state index is 14.4. The van der Waals surface area contributed by atoms with Gasteiger partial charge in [-0.15, -0.1) is 0 Å². The molecule has 2 bridgehead atoms. The molecule has 1 saturated carbocycles. The lowest BCUT2D eigenvalue weighted by Crippen LogP contribution is -2.61. The number of cyclic esters (lactones) is 1. The molecule has 15 atom stereocenters. The number of piperidine rings is 1. The zero-order valence-corrected chi connectivity index (χ0v) is 40.6. The summed E-state index contributed by atoms with van der Waals surface area (Å²) >= 11 is 0. The lowest BCUT2D eigenvalue weighted by Gasteiger charge is -2.42. The minimum absolute atomic E-state index is 0.0193. The number of aliphatic hydroxyl groups excluding tert-OH is 2. The van der Waals surface area contributed by atoms with E-state index in [1.807, 2.05) is 58.1 Å². The standard InChI is InChI=1S/C51H79NO13/c1-30-16-12-11-13-17-31(2)42(61-8)28-38-21-19-36(7)51(60,65-38)48(57)49(58)52-23-15-14-18-39(52)50(59)64-43(33(4)26-37-20-22-40(53)44(27-37)62-9)29-41(54)32(3)25-35(6)46(56)47(63-10)45(55)34(5)24-30/h11-13,16-17,25,30,32-34,36-40,42-44,46-47,53,56,60H,14-15,18-24,26-29H2,1-10H3/b13-11?,16-12+,31-17?,35-25+/t30-,32-,33-,34-,36-,37?,38+,39+,40-,42+,43+,44-,46-,47+,51-/m1/s1. The first-order valence-electron chi connectivity index (χ1n) is 23.9. The molecule has 0 aromatic heterocycles. The van der Waals surface area contributed by atoms with Gasteiger partial charge in [-0.1, -0.05) is 71.1 Å². The van der Waals surface area contributed by atoms with Crippen LogP contribution >= 0.6 is 0 Å². The number of hydrogen-bond donors (Lipinski definition) is 3. The Morgan fingerprint density at radius 3 is 2.25 bits per heavy atom. The van der Waals surface area contributed by atoms with Crippen LogP contribution in [0, 0.1) is 35.5 Å². The zero-order chi connectivity index (χ0) is 48.2. The zero-order valence-electron chi connectivity index (χ0n) is 40.6. The van der Waals surface area contributed by atoms with Crippen molar-refractivity contribution >= 4 is 29.2 Å². The summed E-state index contributed by atoms with van der Waals surface area (Å²) in [6, 6.07) is -1.14. The number of rotatable bonds is 6. The third kappa shape index (κ3) is 14.3. The molecule has 3 heterocycles. The van der Waals surface area contributed by atoms with Gasteiger partial charge in [0, 0.05) is 58.5 Å². The Balaban J connectivity index is 1.70. The molecule has 3 aliphatic heterocycles. The van der Waals surface area contributed by atoms with Gasteiger partial charge < -0.3 is 43.9 Å². The smallest absolute Gasteiger partial charge is 0.329 e. The third-order valence-electron chi connectivity index (χ3n) is 14.5. The Morgan fingerprint density at radius 1 is 0.846 bits per heavy atom. The van der Waals surface area contributed by atoms with Crippen LogP contribution in [-0.4, -0.2) is 132 Å². The molecule has 366 valence electrons. The quantitative estimate of drug-likeness (QED) is 0.156. The van der Waals surface area contributed by atoms with Crippen molar-refractivity contribution in [2.75, 3.05) is 27.9 Å². The Bertz CT molecular complexity index is 1760. The van der Waals surface area contributed by atoms with Crippen molar-refractivity contribution in [3.05, 3.63) is 47.6 Å². The number of ether oxygens (including phenoxy) is 5. The Kier molecular flexibility index (Phi) is 21.0. The summed E-state index contributed by atoms with van der Waals surface area (Å²) in [5, 5.41) is 33.8. The fraction of sp³-hybridized carbons (Fsp3) is 0.745. The van der Waals surface area contributed by atoms with Crippen LogP contribution in [0.15, 0.2) is 47.6 Å². The van der Waals surface area contributed by atoms with E-state index in [0.29, 0.717) is 63.4 Å². The van der Waals surface area contributed by atoms with Crippen LogP contribution < -0.4 is 0 Å². The van der Waals surface area contributed by atoms with E-state index in [-0.39, 0.29) is 54.8 Å². The molecule has 4 aliphatic rings. The lowest BCUT2D eigenvalue weighted by molar-refractivity contribution is -0.265. The molecule has 1 unspecified atom stereocenters.